The predicted molar refractivity (Wildman–Crippen MR) is 34.9 cm³/mol. The zero-order chi connectivity index (χ0) is 7.56. The molecule has 3 nitrogen and oxygen atoms in total. The molecule has 0 aromatic heterocycles. The summed E-state index contributed by atoms with van der Waals surface area (Å²) in [6.45, 7) is 6.66. The second-order valence-electron chi connectivity index (χ2n) is 2.08. The highest BCUT2D eigenvalue weighted by molar-refractivity contribution is 5.86. The van der Waals surface area contributed by atoms with Crippen LogP contribution in [0.15, 0.2) is 11.5 Å². The topological polar surface area (TPSA) is 30.7 Å². The van der Waals surface area contributed by atoms with Crippen LogP contribution in [0.5, 0.6) is 0 Å². The van der Waals surface area contributed by atoms with Crippen LogP contribution in [0.2, 0.25) is 0 Å². The molecule has 1 rings (SSSR count). The number of ether oxygens (including phenoxy) is 1. The maximum Gasteiger partial charge on any atom is 0.209 e. The van der Waals surface area contributed by atoms with Crippen LogP contribution < -0.4 is 0 Å². The molecule has 0 aliphatic heterocycles. The first kappa shape index (κ1) is 6.81. The quantitative estimate of drug-likeness (QED) is 0.507. The molecule has 0 aromatic rings. The summed E-state index contributed by atoms with van der Waals surface area (Å²) in [5.41, 5.74) is 0.465. The molecule has 0 bridgehead atoms. The van der Waals surface area contributed by atoms with Gasteiger partial charge in [-0.1, -0.05) is 0 Å². The Bertz CT molecular complexity index is 234. The standard InChI is InChI=1S/C7H7NO2/c1-8-6-3-5(9)4-7(6)10-2/h3-4H2,2H3. The van der Waals surface area contributed by atoms with Crippen molar-refractivity contribution < 1.29 is 9.53 Å². The third-order valence-electron chi connectivity index (χ3n) is 1.43. The van der Waals surface area contributed by atoms with Crippen molar-refractivity contribution in [2.45, 2.75) is 12.8 Å². The molecule has 0 fully saturated rings. The third kappa shape index (κ3) is 1.01. The highest BCUT2D eigenvalue weighted by Crippen LogP contribution is 2.23. The van der Waals surface area contributed by atoms with E-state index in [2.05, 4.69) is 4.85 Å². The van der Waals surface area contributed by atoms with Crippen LogP contribution in [0.3, 0.4) is 0 Å². The van der Waals surface area contributed by atoms with E-state index in [9.17, 15) is 4.79 Å². The van der Waals surface area contributed by atoms with Crippen LogP contribution in [-0.2, 0) is 9.53 Å². The summed E-state index contributed by atoms with van der Waals surface area (Å²) >= 11 is 0. The van der Waals surface area contributed by atoms with Crippen LogP contribution in [0.1, 0.15) is 12.8 Å². The number of hydrogen-bond donors (Lipinski definition) is 0. The zero-order valence-electron chi connectivity index (χ0n) is 5.68. The van der Waals surface area contributed by atoms with E-state index in [1.165, 1.54) is 7.11 Å². The van der Waals surface area contributed by atoms with E-state index < -0.39 is 0 Å². The van der Waals surface area contributed by atoms with Crippen LogP contribution in [0.25, 0.3) is 4.85 Å². The van der Waals surface area contributed by atoms with Gasteiger partial charge in [0.15, 0.2) is 0 Å². The molecule has 0 amide bonds. The van der Waals surface area contributed by atoms with Gasteiger partial charge in [-0.2, -0.15) is 0 Å². The second-order valence-corrected chi connectivity index (χ2v) is 2.08. The lowest BCUT2D eigenvalue weighted by atomic mass is 10.3. The summed E-state index contributed by atoms with van der Waals surface area (Å²) in [6.07, 6.45) is 0.556. The van der Waals surface area contributed by atoms with Gasteiger partial charge in [0.05, 0.1) is 20.1 Å². The van der Waals surface area contributed by atoms with Crippen LogP contribution >= 0.6 is 0 Å². The minimum absolute atomic E-state index is 0.0721. The number of nitrogens with zero attached hydrogens (tertiary/aromatic N) is 1. The Kier molecular flexibility index (Phi) is 1.72. The normalized spacial score (nSPS) is 17.4. The maximum absolute atomic E-state index is 10.7. The molecular weight excluding hydrogens is 130 g/mol. The van der Waals surface area contributed by atoms with Crippen LogP contribution in [0, 0.1) is 6.57 Å². The van der Waals surface area contributed by atoms with Gasteiger partial charge >= 0.3 is 0 Å². The molecule has 0 saturated carbocycles. The molecule has 1 aliphatic rings. The molecule has 0 saturated heterocycles. The van der Waals surface area contributed by atoms with Gasteiger partial charge in [-0.3, -0.25) is 0 Å². The molecule has 3 heteroatoms. The number of rotatable bonds is 1. The molecule has 0 atom stereocenters. The molecule has 1 aliphatic carbocycles. The smallest absolute Gasteiger partial charge is 0.209 e. The fourth-order valence-electron chi connectivity index (χ4n) is 0.921. The monoisotopic (exact) mass is 137 g/mol. The van der Waals surface area contributed by atoms with Gasteiger partial charge in [0, 0.05) is 6.42 Å². The van der Waals surface area contributed by atoms with Gasteiger partial charge in [-0.25, -0.2) is 4.85 Å². The van der Waals surface area contributed by atoms with E-state index in [1.807, 2.05) is 0 Å². The lowest BCUT2D eigenvalue weighted by molar-refractivity contribution is -0.117. The number of methoxy groups -OCH3 is 1. The summed E-state index contributed by atoms with van der Waals surface area (Å²) in [5.74, 6) is 0.614. The van der Waals surface area contributed by atoms with E-state index in [-0.39, 0.29) is 12.2 Å². The fraction of sp³-hybridized carbons (Fsp3) is 0.429. The number of Topliss-reactive ketones (excluding diaryl/α,β-unsaturated/α-hetero) is 1. The number of ketones is 1. The van der Waals surface area contributed by atoms with Gasteiger partial charge in [-0.15, -0.1) is 0 Å². The van der Waals surface area contributed by atoms with Crippen molar-refractivity contribution in [2.75, 3.05) is 7.11 Å². The number of hydrogen-bond acceptors (Lipinski definition) is 2. The molecule has 52 valence electrons. The van der Waals surface area contributed by atoms with Gasteiger partial charge < -0.3 is 9.53 Å². The van der Waals surface area contributed by atoms with Crippen molar-refractivity contribution in [3.8, 4) is 0 Å². The molecule has 0 N–H and O–H groups in total. The number of carbonyl (C=O) groups is 1. The summed E-state index contributed by atoms with van der Waals surface area (Å²) < 4.78 is 4.83. The molecule has 0 heterocycles. The van der Waals surface area contributed by atoms with Crippen molar-refractivity contribution in [2.24, 2.45) is 0 Å². The van der Waals surface area contributed by atoms with Gasteiger partial charge in [0.2, 0.25) is 5.70 Å². The largest absolute Gasteiger partial charge is 0.512 e. The fourth-order valence-corrected chi connectivity index (χ4v) is 0.921. The van der Waals surface area contributed by atoms with Crippen LogP contribution in [0.4, 0.5) is 0 Å². The van der Waals surface area contributed by atoms with E-state index in [0.717, 1.165) is 0 Å². The summed E-state index contributed by atoms with van der Waals surface area (Å²) in [5, 5.41) is 0. The SMILES string of the molecule is [C-]#[N+]C1=C(OC)CC(=O)C1. The Morgan fingerprint density at radius 3 is 2.70 bits per heavy atom. The summed E-state index contributed by atoms with van der Waals surface area (Å²) in [4.78, 5) is 13.9. The second kappa shape index (κ2) is 2.53. The van der Waals surface area contributed by atoms with Gasteiger partial charge in [0.25, 0.3) is 0 Å². The number of carbonyl (C=O) groups excluding carboxylic acids is 1. The first-order chi connectivity index (χ1) is 4.77. The van der Waals surface area contributed by atoms with Gasteiger partial charge in [0.1, 0.15) is 11.5 Å². The van der Waals surface area contributed by atoms with Crippen LogP contribution in [-0.4, -0.2) is 12.9 Å². The number of allylic oxidation sites excluding steroid dienone is 2. The Morgan fingerprint density at radius 2 is 2.30 bits per heavy atom. The first-order valence-electron chi connectivity index (χ1n) is 2.93. The molecule has 0 aromatic carbocycles. The van der Waals surface area contributed by atoms with Gasteiger partial charge in [-0.05, 0) is 0 Å². The van der Waals surface area contributed by atoms with E-state index >= 15 is 0 Å². The highest BCUT2D eigenvalue weighted by Gasteiger charge is 2.22. The van der Waals surface area contributed by atoms with Crippen molar-refractivity contribution in [3.63, 3.8) is 0 Å². The first-order valence-corrected chi connectivity index (χ1v) is 2.93. The minimum atomic E-state index is 0.0721. The lowest BCUT2D eigenvalue weighted by Gasteiger charge is -1.96. The summed E-state index contributed by atoms with van der Waals surface area (Å²) in [6, 6.07) is 0. The predicted octanol–water partition coefficient (Wildman–Crippen LogP) is 1.13. The van der Waals surface area contributed by atoms with Crippen molar-refractivity contribution in [1.82, 2.24) is 0 Å². The molecular formula is C7H7NO2. The van der Waals surface area contributed by atoms with Crippen molar-refractivity contribution in [3.05, 3.63) is 22.9 Å². The van der Waals surface area contributed by atoms with E-state index in [0.29, 0.717) is 17.9 Å². The Balaban J connectivity index is 2.83. The van der Waals surface area contributed by atoms with Crippen molar-refractivity contribution >= 4 is 5.78 Å². The Labute approximate surface area is 59.1 Å². The summed E-state index contributed by atoms with van der Waals surface area (Å²) in [7, 11) is 1.49. The maximum atomic E-state index is 10.7. The molecule has 10 heavy (non-hydrogen) atoms. The minimum Gasteiger partial charge on any atom is -0.512 e. The third-order valence-corrected chi connectivity index (χ3v) is 1.43. The molecule has 0 radical (unpaired) electrons. The van der Waals surface area contributed by atoms with E-state index in [1.54, 1.807) is 0 Å². The van der Waals surface area contributed by atoms with Crippen molar-refractivity contribution in [1.29, 1.82) is 0 Å². The Morgan fingerprint density at radius 1 is 1.60 bits per heavy atom. The average Bonchev–Trinajstić information content (AvgIpc) is 2.30. The zero-order valence-corrected chi connectivity index (χ0v) is 5.68. The Hall–Kier alpha value is -1.30. The molecule has 0 unspecified atom stereocenters. The molecule has 0 spiro atoms. The average molecular weight is 137 g/mol. The van der Waals surface area contributed by atoms with E-state index in [4.69, 9.17) is 11.3 Å². The highest BCUT2D eigenvalue weighted by atomic mass is 16.5. The lowest BCUT2D eigenvalue weighted by Crippen LogP contribution is -1.88.